The number of ether oxygens (including phenoxy) is 1. The zero-order valence-electron chi connectivity index (χ0n) is 20.0. The lowest BCUT2D eigenvalue weighted by Gasteiger charge is -2.35. The molecule has 32 heavy (non-hydrogen) atoms. The molecule has 176 valence electrons. The van der Waals surface area contributed by atoms with E-state index in [0.29, 0.717) is 11.1 Å². The molecule has 1 aromatic carbocycles. The SMILES string of the molecule is C#Cc1ccccc1C(C(=O)NC(C)(C)C)N(CC)C(=O)C(CO)NC(=O)OC(C)(C)C. The topological polar surface area (TPSA) is 108 Å². The first-order valence-corrected chi connectivity index (χ1v) is 10.5. The predicted octanol–water partition coefficient (Wildman–Crippen LogP) is 2.36. The van der Waals surface area contributed by atoms with Crippen LogP contribution in [-0.2, 0) is 14.3 Å². The van der Waals surface area contributed by atoms with E-state index in [4.69, 9.17) is 11.2 Å². The summed E-state index contributed by atoms with van der Waals surface area (Å²) in [6, 6.07) is 4.49. The Labute approximate surface area is 190 Å². The molecule has 3 N–H and O–H groups in total. The summed E-state index contributed by atoms with van der Waals surface area (Å²) in [6.45, 7) is 11.7. The first-order valence-electron chi connectivity index (χ1n) is 10.5. The molecule has 0 aliphatic rings. The van der Waals surface area contributed by atoms with E-state index in [1.807, 2.05) is 20.8 Å². The first kappa shape index (κ1) is 27.0. The first-order chi connectivity index (χ1) is 14.7. The number of rotatable bonds is 7. The highest BCUT2D eigenvalue weighted by atomic mass is 16.6. The number of carbonyl (C=O) groups excluding carboxylic acids is 3. The van der Waals surface area contributed by atoms with E-state index in [1.54, 1.807) is 52.0 Å². The third-order valence-electron chi connectivity index (χ3n) is 4.26. The summed E-state index contributed by atoms with van der Waals surface area (Å²) in [4.78, 5) is 40.1. The van der Waals surface area contributed by atoms with Gasteiger partial charge in [0.2, 0.25) is 11.8 Å². The van der Waals surface area contributed by atoms with Crippen molar-refractivity contribution in [2.45, 2.75) is 71.7 Å². The summed E-state index contributed by atoms with van der Waals surface area (Å²) in [5.41, 5.74) is -0.402. The number of amides is 3. The van der Waals surface area contributed by atoms with Gasteiger partial charge >= 0.3 is 6.09 Å². The molecular weight excluding hydrogens is 410 g/mol. The fourth-order valence-electron chi connectivity index (χ4n) is 3.06. The van der Waals surface area contributed by atoms with Crippen LogP contribution in [-0.4, -0.2) is 58.2 Å². The van der Waals surface area contributed by atoms with E-state index >= 15 is 0 Å². The maximum Gasteiger partial charge on any atom is 0.408 e. The standard InChI is InChI=1S/C24H35N3O5/c1-9-16-13-11-12-14-17(16)19(20(29)26-23(3,4)5)27(10-2)21(30)18(15-28)25-22(31)32-24(6,7)8/h1,11-14,18-19,28H,10,15H2,2-8H3,(H,25,31)(H,26,29). The van der Waals surface area contributed by atoms with Gasteiger partial charge in [0.25, 0.3) is 0 Å². The number of carbonyl (C=O) groups is 3. The number of aliphatic hydroxyl groups is 1. The monoisotopic (exact) mass is 445 g/mol. The molecule has 0 heterocycles. The number of aliphatic hydroxyl groups excluding tert-OH is 1. The fraction of sp³-hybridized carbons (Fsp3) is 0.542. The number of nitrogens with one attached hydrogen (secondary N) is 2. The van der Waals surface area contributed by atoms with Gasteiger partial charge < -0.3 is 25.4 Å². The summed E-state index contributed by atoms with van der Waals surface area (Å²) in [5, 5.41) is 15.1. The molecule has 8 heteroatoms. The summed E-state index contributed by atoms with van der Waals surface area (Å²) in [5.74, 6) is 1.49. The normalized spacial score (nSPS) is 13.3. The molecule has 1 rings (SSSR count). The molecule has 0 saturated heterocycles. The van der Waals surface area contributed by atoms with Crippen molar-refractivity contribution in [3.8, 4) is 12.3 Å². The van der Waals surface area contributed by atoms with Crippen molar-refractivity contribution in [2.75, 3.05) is 13.2 Å². The second-order valence-corrected chi connectivity index (χ2v) is 9.38. The number of nitrogens with zero attached hydrogens (tertiary/aromatic N) is 1. The molecule has 0 saturated carbocycles. The van der Waals surface area contributed by atoms with Crippen molar-refractivity contribution in [2.24, 2.45) is 0 Å². The molecule has 0 aromatic heterocycles. The van der Waals surface area contributed by atoms with Crippen LogP contribution in [0.1, 0.15) is 65.6 Å². The van der Waals surface area contributed by atoms with E-state index in [1.165, 1.54) is 4.90 Å². The van der Waals surface area contributed by atoms with Crippen molar-refractivity contribution in [3.63, 3.8) is 0 Å². The van der Waals surface area contributed by atoms with Crippen LogP contribution in [0.3, 0.4) is 0 Å². The average molecular weight is 446 g/mol. The summed E-state index contributed by atoms with van der Waals surface area (Å²) in [6.07, 6.45) is 4.80. The Bertz CT molecular complexity index is 862. The number of likely N-dealkylation sites (N-methyl/N-ethyl adjacent to an activating group) is 1. The van der Waals surface area contributed by atoms with Gasteiger partial charge in [-0.15, -0.1) is 6.42 Å². The van der Waals surface area contributed by atoms with Crippen molar-refractivity contribution >= 4 is 17.9 Å². The minimum absolute atomic E-state index is 0.131. The number of alkyl carbamates (subject to hydrolysis) is 1. The van der Waals surface area contributed by atoms with Crippen LogP contribution in [0.15, 0.2) is 24.3 Å². The van der Waals surface area contributed by atoms with Gasteiger partial charge in [-0.3, -0.25) is 9.59 Å². The van der Waals surface area contributed by atoms with E-state index in [9.17, 15) is 19.5 Å². The summed E-state index contributed by atoms with van der Waals surface area (Å²) < 4.78 is 5.19. The highest BCUT2D eigenvalue weighted by molar-refractivity contribution is 5.92. The van der Waals surface area contributed by atoms with Gasteiger partial charge in [0, 0.05) is 17.6 Å². The van der Waals surface area contributed by atoms with Gasteiger partial charge in [-0.25, -0.2) is 4.79 Å². The van der Waals surface area contributed by atoms with Crippen LogP contribution in [0.4, 0.5) is 4.79 Å². The molecule has 3 amide bonds. The Balaban J connectivity index is 3.38. The van der Waals surface area contributed by atoms with Crippen LogP contribution < -0.4 is 10.6 Å². The Kier molecular flexibility index (Phi) is 9.28. The molecule has 8 nitrogen and oxygen atoms in total. The Morgan fingerprint density at radius 1 is 1.16 bits per heavy atom. The van der Waals surface area contributed by atoms with Crippen LogP contribution in [0.25, 0.3) is 0 Å². The summed E-state index contributed by atoms with van der Waals surface area (Å²) >= 11 is 0. The molecule has 0 bridgehead atoms. The number of terminal acetylenes is 1. The van der Waals surface area contributed by atoms with Crippen LogP contribution in [0.2, 0.25) is 0 Å². The van der Waals surface area contributed by atoms with Crippen molar-refractivity contribution < 1.29 is 24.2 Å². The Morgan fingerprint density at radius 2 is 1.75 bits per heavy atom. The molecule has 2 atom stereocenters. The predicted molar refractivity (Wildman–Crippen MR) is 123 cm³/mol. The molecule has 0 aliphatic heterocycles. The molecule has 0 radical (unpaired) electrons. The Morgan fingerprint density at radius 3 is 2.22 bits per heavy atom. The van der Waals surface area contributed by atoms with E-state index < -0.39 is 47.7 Å². The molecule has 0 aliphatic carbocycles. The van der Waals surface area contributed by atoms with Crippen LogP contribution >= 0.6 is 0 Å². The van der Waals surface area contributed by atoms with Crippen LogP contribution in [0, 0.1) is 12.3 Å². The largest absolute Gasteiger partial charge is 0.444 e. The third kappa shape index (κ3) is 7.89. The minimum atomic E-state index is -1.30. The van der Waals surface area contributed by atoms with Gasteiger partial charge in [0.15, 0.2) is 0 Å². The van der Waals surface area contributed by atoms with E-state index in [2.05, 4.69) is 16.6 Å². The smallest absolute Gasteiger partial charge is 0.408 e. The molecule has 1 aromatic rings. The molecule has 0 spiro atoms. The highest BCUT2D eigenvalue weighted by Gasteiger charge is 2.37. The zero-order chi connectivity index (χ0) is 24.7. The van der Waals surface area contributed by atoms with Gasteiger partial charge in [0.1, 0.15) is 17.7 Å². The maximum absolute atomic E-state index is 13.4. The zero-order valence-corrected chi connectivity index (χ0v) is 20.0. The van der Waals surface area contributed by atoms with E-state index in [0.717, 1.165) is 0 Å². The lowest BCUT2D eigenvalue weighted by Crippen LogP contribution is -2.55. The maximum atomic E-state index is 13.4. The van der Waals surface area contributed by atoms with E-state index in [-0.39, 0.29) is 6.54 Å². The van der Waals surface area contributed by atoms with Crippen LogP contribution in [0.5, 0.6) is 0 Å². The average Bonchev–Trinajstić information content (AvgIpc) is 2.66. The minimum Gasteiger partial charge on any atom is -0.444 e. The number of hydrogen-bond acceptors (Lipinski definition) is 5. The molecular formula is C24H35N3O5. The third-order valence-corrected chi connectivity index (χ3v) is 4.26. The second kappa shape index (κ2) is 11.0. The number of hydrogen-bond donors (Lipinski definition) is 3. The quantitative estimate of drug-likeness (QED) is 0.559. The summed E-state index contributed by atoms with van der Waals surface area (Å²) in [7, 11) is 0. The number of benzene rings is 1. The van der Waals surface area contributed by atoms with Gasteiger partial charge in [-0.05, 0) is 60.1 Å². The Hall–Kier alpha value is -3.05. The lowest BCUT2D eigenvalue weighted by molar-refractivity contribution is -0.143. The van der Waals surface area contributed by atoms with Gasteiger partial charge in [0.05, 0.1) is 6.61 Å². The van der Waals surface area contributed by atoms with Crippen molar-refractivity contribution in [1.82, 2.24) is 15.5 Å². The molecule has 2 unspecified atom stereocenters. The second-order valence-electron chi connectivity index (χ2n) is 9.38. The lowest BCUT2D eigenvalue weighted by atomic mass is 9.96. The van der Waals surface area contributed by atoms with Gasteiger partial charge in [-0.2, -0.15) is 0 Å². The fourth-order valence-corrected chi connectivity index (χ4v) is 3.06. The van der Waals surface area contributed by atoms with Crippen molar-refractivity contribution in [1.29, 1.82) is 0 Å². The van der Waals surface area contributed by atoms with Gasteiger partial charge in [-0.1, -0.05) is 24.1 Å². The highest BCUT2D eigenvalue weighted by Crippen LogP contribution is 2.26. The van der Waals surface area contributed by atoms with Crippen molar-refractivity contribution in [3.05, 3.63) is 35.4 Å². The molecule has 0 fully saturated rings.